The van der Waals surface area contributed by atoms with Crippen LogP contribution >= 0.6 is 0 Å². The third-order valence-corrected chi connectivity index (χ3v) is 5.82. The van der Waals surface area contributed by atoms with E-state index in [0.717, 1.165) is 27.3 Å². The summed E-state index contributed by atoms with van der Waals surface area (Å²) in [4.78, 5) is 12.9. The quantitative estimate of drug-likeness (QED) is 0.574. The van der Waals surface area contributed by atoms with Crippen LogP contribution in [0.4, 0.5) is 11.4 Å². The van der Waals surface area contributed by atoms with E-state index in [1.54, 1.807) is 24.3 Å². The van der Waals surface area contributed by atoms with Gasteiger partial charge in [-0.2, -0.15) is 0 Å². The molecule has 0 aliphatic rings. The zero-order chi connectivity index (χ0) is 22.6. The average molecular weight is 439 g/mol. The van der Waals surface area contributed by atoms with Gasteiger partial charge in [0.25, 0.3) is 0 Å². The van der Waals surface area contributed by atoms with Crippen LogP contribution in [-0.2, 0) is 14.8 Å². The van der Waals surface area contributed by atoms with Crippen molar-refractivity contribution in [1.29, 1.82) is 0 Å². The lowest BCUT2D eigenvalue weighted by molar-refractivity contribution is -0.114. The molecule has 0 aliphatic carbocycles. The van der Waals surface area contributed by atoms with E-state index in [-0.39, 0.29) is 6.54 Å². The number of ether oxygens (including phenoxy) is 1. The number of aryl methyl sites for hydroxylation is 3. The topological polar surface area (TPSA) is 75.7 Å². The molecule has 6 nitrogen and oxygen atoms in total. The molecule has 162 valence electrons. The molecule has 0 aromatic heterocycles. The molecule has 0 saturated heterocycles. The number of para-hydroxylation sites is 3. The fourth-order valence-electron chi connectivity index (χ4n) is 3.52. The minimum atomic E-state index is -3.68. The number of amides is 1. The molecule has 0 radical (unpaired) electrons. The maximum atomic E-state index is 12.9. The van der Waals surface area contributed by atoms with Crippen LogP contribution in [0.1, 0.15) is 16.7 Å². The smallest absolute Gasteiger partial charge is 0.245 e. The lowest BCUT2D eigenvalue weighted by Gasteiger charge is -2.26. The summed E-state index contributed by atoms with van der Waals surface area (Å²) < 4.78 is 32.1. The Morgan fingerprint density at radius 1 is 0.935 bits per heavy atom. The van der Waals surface area contributed by atoms with Crippen LogP contribution in [-0.4, -0.2) is 27.1 Å². The Balaban J connectivity index is 1.85. The van der Waals surface area contributed by atoms with Crippen molar-refractivity contribution in [2.24, 2.45) is 0 Å². The summed E-state index contributed by atoms with van der Waals surface area (Å²) in [5, 5.41) is 2.78. The van der Waals surface area contributed by atoms with Gasteiger partial charge in [-0.15, -0.1) is 0 Å². The second kappa shape index (κ2) is 9.22. The molecular formula is C24H26N2O4S. The highest BCUT2D eigenvalue weighted by atomic mass is 32.2. The Morgan fingerprint density at radius 3 is 2.13 bits per heavy atom. The molecule has 0 spiro atoms. The number of rotatable bonds is 7. The van der Waals surface area contributed by atoms with Gasteiger partial charge in [0.15, 0.2) is 5.75 Å². The standard InChI is InChI=1S/C24H26N2O4S/c1-17-14-18(2)24(19(3)15-17)26(31(4,28)29)16-23(27)25-21-12-8-9-13-22(21)30-20-10-6-5-7-11-20/h5-15H,16H2,1-4H3,(H,25,27). The Kier molecular flexibility index (Phi) is 6.65. The van der Waals surface area contributed by atoms with E-state index >= 15 is 0 Å². The van der Waals surface area contributed by atoms with Crippen LogP contribution in [0, 0.1) is 20.8 Å². The molecule has 3 aromatic rings. The van der Waals surface area contributed by atoms with Crippen LogP contribution < -0.4 is 14.4 Å². The van der Waals surface area contributed by atoms with Crippen molar-refractivity contribution in [3.63, 3.8) is 0 Å². The molecule has 0 atom stereocenters. The van der Waals surface area contributed by atoms with Gasteiger partial charge in [0.05, 0.1) is 17.6 Å². The zero-order valence-corrected chi connectivity index (χ0v) is 18.9. The monoisotopic (exact) mass is 438 g/mol. The molecule has 0 bridgehead atoms. The highest BCUT2D eigenvalue weighted by molar-refractivity contribution is 7.92. The van der Waals surface area contributed by atoms with Gasteiger partial charge in [0, 0.05) is 0 Å². The number of sulfonamides is 1. The van der Waals surface area contributed by atoms with Gasteiger partial charge in [-0.05, 0) is 56.2 Å². The van der Waals surface area contributed by atoms with Crippen molar-refractivity contribution in [1.82, 2.24) is 0 Å². The number of benzene rings is 3. The predicted octanol–water partition coefficient (Wildman–Crippen LogP) is 4.81. The first kappa shape index (κ1) is 22.4. The molecule has 0 fully saturated rings. The molecule has 7 heteroatoms. The van der Waals surface area contributed by atoms with E-state index in [2.05, 4.69) is 5.32 Å². The summed E-state index contributed by atoms with van der Waals surface area (Å²) in [7, 11) is -3.68. The Hall–Kier alpha value is -3.32. The van der Waals surface area contributed by atoms with Gasteiger partial charge < -0.3 is 10.1 Å². The van der Waals surface area contributed by atoms with Gasteiger partial charge >= 0.3 is 0 Å². The molecule has 0 heterocycles. The number of hydrogen-bond donors (Lipinski definition) is 1. The predicted molar refractivity (Wildman–Crippen MR) is 124 cm³/mol. The van der Waals surface area contributed by atoms with Gasteiger partial charge in [-0.1, -0.05) is 48.0 Å². The summed E-state index contributed by atoms with van der Waals surface area (Å²) in [6.45, 7) is 5.29. The summed E-state index contributed by atoms with van der Waals surface area (Å²) in [5.74, 6) is 0.637. The first-order valence-electron chi connectivity index (χ1n) is 9.82. The summed E-state index contributed by atoms with van der Waals surface area (Å²) in [6.07, 6.45) is 1.10. The van der Waals surface area contributed by atoms with E-state index < -0.39 is 15.9 Å². The molecule has 3 rings (SSSR count). The van der Waals surface area contributed by atoms with E-state index in [1.165, 1.54) is 0 Å². The lowest BCUT2D eigenvalue weighted by Crippen LogP contribution is -2.38. The van der Waals surface area contributed by atoms with Crippen molar-refractivity contribution in [3.8, 4) is 11.5 Å². The number of nitrogens with zero attached hydrogens (tertiary/aromatic N) is 1. The van der Waals surface area contributed by atoms with E-state index in [9.17, 15) is 13.2 Å². The highest BCUT2D eigenvalue weighted by Crippen LogP contribution is 2.30. The third-order valence-electron chi connectivity index (χ3n) is 4.70. The molecule has 0 saturated carbocycles. The molecule has 1 amide bonds. The molecule has 3 aromatic carbocycles. The largest absolute Gasteiger partial charge is 0.455 e. The van der Waals surface area contributed by atoms with Crippen molar-refractivity contribution in [3.05, 3.63) is 83.4 Å². The fraction of sp³-hybridized carbons (Fsp3) is 0.208. The number of hydrogen-bond acceptors (Lipinski definition) is 4. The minimum absolute atomic E-state index is 0.344. The minimum Gasteiger partial charge on any atom is -0.455 e. The lowest BCUT2D eigenvalue weighted by atomic mass is 10.1. The van der Waals surface area contributed by atoms with Crippen LogP contribution in [0.25, 0.3) is 0 Å². The second-order valence-corrected chi connectivity index (χ2v) is 9.38. The zero-order valence-electron chi connectivity index (χ0n) is 18.0. The van der Waals surface area contributed by atoms with Crippen LogP contribution in [0.3, 0.4) is 0 Å². The van der Waals surface area contributed by atoms with Gasteiger partial charge in [0.2, 0.25) is 15.9 Å². The number of anilines is 2. The first-order chi connectivity index (χ1) is 14.6. The first-order valence-corrected chi connectivity index (χ1v) is 11.7. The second-order valence-electron chi connectivity index (χ2n) is 7.48. The maximum Gasteiger partial charge on any atom is 0.245 e. The van der Waals surface area contributed by atoms with E-state index in [4.69, 9.17) is 4.74 Å². The molecule has 31 heavy (non-hydrogen) atoms. The van der Waals surface area contributed by atoms with Crippen molar-refractivity contribution >= 4 is 27.3 Å². The van der Waals surface area contributed by atoms with E-state index in [1.807, 2.05) is 63.2 Å². The highest BCUT2D eigenvalue weighted by Gasteiger charge is 2.24. The SMILES string of the molecule is Cc1cc(C)c(N(CC(=O)Nc2ccccc2Oc2ccccc2)S(C)(=O)=O)c(C)c1. The summed E-state index contributed by atoms with van der Waals surface area (Å²) in [6, 6.07) is 20.1. The van der Waals surface area contributed by atoms with Crippen molar-refractivity contribution < 1.29 is 17.9 Å². The molecular weight excluding hydrogens is 412 g/mol. The average Bonchev–Trinajstić information content (AvgIpc) is 2.68. The molecule has 1 N–H and O–H groups in total. The normalized spacial score (nSPS) is 11.1. The van der Waals surface area contributed by atoms with Crippen molar-refractivity contribution in [2.45, 2.75) is 20.8 Å². The number of carbonyl (C=O) groups excluding carboxylic acids is 1. The number of nitrogens with one attached hydrogen (secondary N) is 1. The molecule has 0 unspecified atom stereocenters. The van der Waals surface area contributed by atoms with Crippen molar-refractivity contribution in [2.75, 3.05) is 22.4 Å². The Labute approximate surface area is 183 Å². The molecule has 0 aliphatic heterocycles. The Morgan fingerprint density at radius 2 is 1.52 bits per heavy atom. The van der Waals surface area contributed by atoms with Gasteiger partial charge in [0.1, 0.15) is 12.3 Å². The fourth-order valence-corrected chi connectivity index (χ4v) is 4.49. The van der Waals surface area contributed by atoms with Gasteiger partial charge in [-0.3, -0.25) is 9.10 Å². The van der Waals surface area contributed by atoms with Gasteiger partial charge in [-0.25, -0.2) is 8.42 Å². The number of carbonyl (C=O) groups is 1. The summed E-state index contributed by atoms with van der Waals surface area (Å²) in [5.41, 5.74) is 3.61. The van der Waals surface area contributed by atoms with Crippen LogP contribution in [0.5, 0.6) is 11.5 Å². The summed E-state index contributed by atoms with van der Waals surface area (Å²) >= 11 is 0. The maximum absolute atomic E-state index is 12.9. The van der Waals surface area contributed by atoms with E-state index in [0.29, 0.717) is 22.9 Å². The van der Waals surface area contributed by atoms with Crippen LogP contribution in [0.2, 0.25) is 0 Å². The Bertz CT molecular complexity index is 1170. The van der Waals surface area contributed by atoms with Crippen LogP contribution in [0.15, 0.2) is 66.7 Å². The third kappa shape index (κ3) is 5.64.